The molecule has 3 fully saturated rings. The fourth-order valence-corrected chi connectivity index (χ4v) is 6.96. The fraction of sp³-hybridized carbons (Fsp3) is 1.00. The summed E-state index contributed by atoms with van der Waals surface area (Å²) in [6.07, 6.45) is 22.9. The first kappa shape index (κ1) is 14.9. The molecule has 0 N–H and O–H groups in total. The molecule has 20 heavy (non-hydrogen) atoms. The molecular weight excluding hydrogens is 240 g/mol. The Balaban J connectivity index is 1.97. The van der Waals surface area contributed by atoms with Crippen LogP contribution in [0.4, 0.5) is 0 Å². The average Bonchev–Trinajstić information content (AvgIpc) is 3.00. The highest BCUT2D eigenvalue weighted by atomic mass is 14.6. The third-order valence-electron chi connectivity index (χ3n) is 8.07. The Morgan fingerprint density at radius 1 is 0.600 bits per heavy atom. The van der Waals surface area contributed by atoms with E-state index in [4.69, 9.17) is 0 Å². The number of rotatable bonds is 3. The van der Waals surface area contributed by atoms with Gasteiger partial charge in [-0.25, -0.2) is 0 Å². The van der Waals surface area contributed by atoms with Gasteiger partial charge >= 0.3 is 0 Å². The Kier molecular flexibility index (Phi) is 4.22. The topological polar surface area (TPSA) is 0 Å². The van der Waals surface area contributed by atoms with Gasteiger partial charge in [-0.3, -0.25) is 0 Å². The zero-order valence-corrected chi connectivity index (χ0v) is 14.1. The van der Waals surface area contributed by atoms with Gasteiger partial charge < -0.3 is 0 Å². The molecule has 116 valence electrons. The summed E-state index contributed by atoms with van der Waals surface area (Å²) in [4.78, 5) is 0. The van der Waals surface area contributed by atoms with Crippen molar-refractivity contribution in [1.82, 2.24) is 0 Å². The molecule has 0 saturated heterocycles. The van der Waals surface area contributed by atoms with Crippen molar-refractivity contribution >= 4 is 0 Å². The van der Waals surface area contributed by atoms with Gasteiger partial charge in [-0.2, -0.15) is 0 Å². The largest absolute Gasteiger partial charge is 0.0648 e. The Hall–Kier alpha value is 0. The van der Waals surface area contributed by atoms with Crippen molar-refractivity contribution in [3.63, 3.8) is 0 Å². The molecule has 0 heterocycles. The van der Waals surface area contributed by atoms with E-state index in [1.165, 1.54) is 70.6 Å². The third kappa shape index (κ3) is 2.08. The van der Waals surface area contributed by atoms with Gasteiger partial charge in [0.1, 0.15) is 0 Å². The number of hydrogen-bond acceptors (Lipinski definition) is 0. The second-order valence-corrected chi connectivity index (χ2v) is 8.61. The van der Waals surface area contributed by atoms with Gasteiger partial charge in [0.25, 0.3) is 0 Å². The maximum atomic E-state index is 2.71. The monoisotopic (exact) mass is 276 g/mol. The first-order valence-electron chi connectivity index (χ1n) is 9.68. The maximum absolute atomic E-state index is 2.71. The van der Waals surface area contributed by atoms with Gasteiger partial charge in [-0.15, -0.1) is 0 Å². The van der Waals surface area contributed by atoms with Crippen LogP contribution >= 0.6 is 0 Å². The molecule has 0 bridgehead atoms. The molecule has 0 amide bonds. The van der Waals surface area contributed by atoms with E-state index in [1.807, 2.05) is 0 Å². The molecule has 0 aromatic heterocycles. The van der Waals surface area contributed by atoms with Gasteiger partial charge in [0, 0.05) is 0 Å². The molecule has 0 heteroatoms. The van der Waals surface area contributed by atoms with Crippen molar-refractivity contribution in [1.29, 1.82) is 0 Å². The SMILES string of the molecule is CCC1(C2(C3(C)CCCCC3)CCCC2)CCCCC1. The molecule has 0 unspecified atom stereocenters. The molecule has 0 radical (unpaired) electrons. The Bertz CT molecular complexity index is 309. The van der Waals surface area contributed by atoms with Crippen LogP contribution in [-0.4, -0.2) is 0 Å². The van der Waals surface area contributed by atoms with Gasteiger partial charge in [0.15, 0.2) is 0 Å². The second kappa shape index (κ2) is 5.65. The maximum Gasteiger partial charge on any atom is -0.0187 e. The highest BCUT2D eigenvalue weighted by Crippen LogP contribution is 2.69. The predicted octanol–water partition coefficient (Wildman–Crippen LogP) is 6.88. The van der Waals surface area contributed by atoms with E-state index in [1.54, 1.807) is 25.7 Å². The standard InChI is InChI=1S/C20H36/c1-3-19(14-8-5-9-15-19)20(16-10-11-17-20)18(2)12-6-4-7-13-18/h3-17H2,1-2H3. The Labute approximate surface area is 127 Å². The summed E-state index contributed by atoms with van der Waals surface area (Å²) in [5.74, 6) is 0. The summed E-state index contributed by atoms with van der Waals surface area (Å²) in [5, 5.41) is 0. The van der Waals surface area contributed by atoms with Crippen molar-refractivity contribution in [2.75, 3.05) is 0 Å². The molecule has 3 aliphatic rings. The molecule has 0 aromatic rings. The smallest absolute Gasteiger partial charge is 0.0187 e. The predicted molar refractivity (Wildman–Crippen MR) is 87.9 cm³/mol. The molecule has 3 saturated carbocycles. The van der Waals surface area contributed by atoms with E-state index in [9.17, 15) is 0 Å². The molecule has 3 rings (SSSR count). The van der Waals surface area contributed by atoms with Crippen molar-refractivity contribution in [3.05, 3.63) is 0 Å². The summed E-state index contributed by atoms with van der Waals surface area (Å²) >= 11 is 0. The lowest BCUT2D eigenvalue weighted by atomic mass is 9.43. The van der Waals surface area contributed by atoms with Crippen LogP contribution in [0.2, 0.25) is 0 Å². The van der Waals surface area contributed by atoms with E-state index in [-0.39, 0.29) is 0 Å². The quantitative estimate of drug-likeness (QED) is 0.527. The van der Waals surface area contributed by atoms with Crippen LogP contribution in [-0.2, 0) is 0 Å². The van der Waals surface area contributed by atoms with Crippen LogP contribution in [0.3, 0.4) is 0 Å². The fourth-order valence-electron chi connectivity index (χ4n) is 6.96. The van der Waals surface area contributed by atoms with Crippen molar-refractivity contribution in [2.45, 2.75) is 110 Å². The zero-order valence-electron chi connectivity index (χ0n) is 14.1. The van der Waals surface area contributed by atoms with E-state index in [0.717, 1.165) is 5.41 Å². The van der Waals surface area contributed by atoms with Crippen LogP contribution < -0.4 is 0 Å². The summed E-state index contributed by atoms with van der Waals surface area (Å²) < 4.78 is 0. The highest BCUT2D eigenvalue weighted by Gasteiger charge is 2.59. The molecule has 3 aliphatic carbocycles. The van der Waals surface area contributed by atoms with Crippen LogP contribution in [0.25, 0.3) is 0 Å². The Morgan fingerprint density at radius 3 is 1.55 bits per heavy atom. The minimum absolute atomic E-state index is 0.676. The molecule has 0 aromatic carbocycles. The summed E-state index contributed by atoms with van der Waals surface area (Å²) in [6.45, 7) is 5.24. The average molecular weight is 277 g/mol. The van der Waals surface area contributed by atoms with Crippen LogP contribution in [0, 0.1) is 16.2 Å². The minimum atomic E-state index is 0.676. The third-order valence-corrected chi connectivity index (χ3v) is 8.07. The van der Waals surface area contributed by atoms with E-state index in [0.29, 0.717) is 10.8 Å². The lowest BCUT2D eigenvalue weighted by Gasteiger charge is -2.61. The van der Waals surface area contributed by atoms with E-state index >= 15 is 0 Å². The number of hydrogen-bond donors (Lipinski definition) is 0. The lowest BCUT2D eigenvalue weighted by Crippen LogP contribution is -2.52. The lowest BCUT2D eigenvalue weighted by molar-refractivity contribution is -0.117. The van der Waals surface area contributed by atoms with Gasteiger partial charge in [-0.1, -0.05) is 65.2 Å². The molecular formula is C20H36. The molecule has 0 aliphatic heterocycles. The Morgan fingerprint density at radius 2 is 1.05 bits per heavy atom. The molecule has 0 atom stereocenters. The second-order valence-electron chi connectivity index (χ2n) is 8.61. The van der Waals surface area contributed by atoms with E-state index < -0.39 is 0 Å². The summed E-state index contributed by atoms with van der Waals surface area (Å²) in [6, 6.07) is 0. The molecule has 0 spiro atoms. The first-order valence-corrected chi connectivity index (χ1v) is 9.68. The van der Waals surface area contributed by atoms with Crippen LogP contribution in [0.5, 0.6) is 0 Å². The highest BCUT2D eigenvalue weighted by molar-refractivity contribution is 5.09. The zero-order chi connectivity index (χ0) is 14.1. The summed E-state index contributed by atoms with van der Waals surface area (Å²) in [5.41, 5.74) is 2.11. The van der Waals surface area contributed by atoms with Crippen LogP contribution in [0.15, 0.2) is 0 Å². The van der Waals surface area contributed by atoms with Crippen molar-refractivity contribution in [2.24, 2.45) is 16.2 Å². The van der Waals surface area contributed by atoms with Crippen LogP contribution in [0.1, 0.15) is 110 Å². The first-order chi connectivity index (χ1) is 9.68. The van der Waals surface area contributed by atoms with Gasteiger partial charge in [0.2, 0.25) is 0 Å². The van der Waals surface area contributed by atoms with Crippen molar-refractivity contribution < 1.29 is 0 Å². The minimum Gasteiger partial charge on any atom is -0.0648 e. The van der Waals surface area contributed by atoms with Gasteiger partial charge in [0.05, 0.1) is 0 Å². The summed E-state index contributed by atoms with van der Waals surface area (Å²) in [7, 11) is 0. The van der Waals surface area contributed by atoms with E-state index in [2.05, 4.69) is 13.8 Å². The molecule has 0 nitrogen and oxygen atoms in total. The normalized spacial score (nSPS) is 32.1. The van der Waals surface area contributed by atoms with Crippen molar-refractivity contribution in [3.8, 4) is 0 Å². The van der Waals surface area contributed by atoms with Gasteiger partial charge in [-0.05, 0) is 61.2 Å².